The predicted octanol–water partition coefficient (Wildman–Crippen LogP) is 0.682. The van der Waals surface area contributed by atoms with Gasteiger partial charge < -0.3 is 9.26 Å². The molecule has 0 aliphatic carbocycles. The number of sulfonamides is 1. The third-order valence-electron chi connectivity index (χ3n) is 3.11. The minimum absolute atomic E-state index is 0.00372. The van der Waals surface area contributed by atoms with E-state index in [0.717, 1.165) is 6.26 Å². The van der Waals surface area contributed by atoms with Gasteiger partial charge in [-0.05, 0) is 12.8 Å². The summed E-state index contributed by atoms with van der Waals surface area (Å²) in [5.41, 5.74) is 0.0182. The van der Waals surface area contributed by atoms with Crippen LogP contribution < -0.4 is 4.72 Å². The van der Waals surface area contributed by atoms with Crippen molar-refractivity contribution in [3.8, 4) is 0 Å². The Morgan fingerprint density at radius 1 is 1.43 bits per heavy atom. The molecule has 118 valence electrons. The smallest absolute Gasteiger partial charge is 0.328 e. The van der Waals surface area contributed by atoms with Crippen LogP contribution in [0.25, 0.3) is 0 Å². The molecule has 0 bridgehead atoms. The molecule has 2 heterocycles. The van der Waals surface area contributed by atoms with Crippen molar-refractivity contribution in [2.24, 2.45) is 5.92 Å². The molecule has 2 rings (SSSR count). The number of carbonyl (C=O) groups excluding carboxylic acids is 1. The van der Waals surface area contributed by atoms with Gasteiger partial charge in [-0.2, -0.15) is 8.78 Å². The molecule has 1 saturated heterocycles. The van der Waals surface area contributed by atoms with Crippen LogP contribution in [0.2, 0.25) is 0 Å². The zero-order valence-corrected chi connectivity index (χ0v) is 11.7. The molecule has 0 atom stereocenters. The Labute approximate surface area is 119 Å². The van der Waals surface area contributed by atoms with Crippen LogP contribution in [-0.4, -0.2) is 38.6 Å². The van der Waals surface area contributed by atoms with Gasteiger partial charge in [0.25, 0.3) is 0 Å². The van der Waals surface area contributed by atoms with Crippen molar-refractivity contribution in [2.75, 3.05) is 13.2 Å². The van der Waals surface area contributed by atoms with E-state index in [4.69, 9.17) is 4.74 Å². The summed E-state index contributed by atoms with van der Waals surface area (Å²) in [7, 11) is -4.26. The number of hydrogen-bond acceptors (Lipinski definition) is 6. The zero-order valence-electron chi connectivity index (χ0n) is 10.9. The van der Waals surface area contributed by atoms with Gasteiger partial charge in [0.2, 0.25) is 10.0 Å². The van der Waals surface area contributed by atoms with Gasteiger partial charge in [-0.15, -0.1) is 0 Å². The Kier molecular flexibility index (Phi) is 4.57. The topological polar surface area (TPSA) is 98.5 Å². The summed E-state index contributed by atoms with van der Waals surface area (Å²) in [4.78, 5) is 11.6. The zero-order chi connectivity index (χ0) is 15.5. The van der Waals surface area contributed by atoms with Gasteiger partial charge in [0.05, 0.1) is 0 Å². The van der Waals surface area contributed by atoms with Crippen LogP contribution in [-0.2, 0) is 25.3 Å². The molecule has 1 N–H and O–H groups in total. The molecule has 0 saturated carbocycles. The molecule has 0 unspecified atom stereocenters. The van der Waals surface area contributed by atoms with E-state index in [9.17, 15) is 22.0 Å². The molecule has 1 aliphatic heterocycles. The van der Waals surface area contributed by atoms with Crippen molar-refractivity contribution in [1.82, 2.24) is 9.88 Å². The predicted molar refractivity (Wildman–Crippen MR) is 65.8 cm³/mol. The fourth-order valence-corrected chi connectivity index (χ4v) is 3.03. The summed E-state index contributed by atoms with van der Waals surface area (Å²) in [5, 5.41) is 3.35. The number of halogens is 2. The van der Waals surface area contributed by atoms with Crippen molar-refractivity contribution in [3.63, 3.8) is 0 Å². The molecule has 0 spiro atoms. The van der Waals surface area contributed by atoms with E-state index >= 15 is 0 Å². The first kappa shape index (κ1) is 15.8. The fraction of sp³-hybridized carbons (Fsp3) is 0.636. The first-order chi connectivity index (χ1) is 9.81. The Bertz CT molecular complexity index is 582. The summed E-state index contributed by atoms with van der Waals surface area (Å²) in [6.45, 7) is 0.248. The molecular weight excluding hydrogens is 310 g/mol. The molecule has 7 nitrogen and oxygen atoms in total. The second kappa shape index (κ2) is 6.06. The highest BCUT2D eigenvalue weighted by Gasteiger charge is 2.48. The highest BCUT2D eigenvalue weighted by atomic mass is 32.2. The van der Waals surface area contributed by atoms with E-state index in [1.54, 1.807) is 0 Å². The molecule has 10 heteroatoms. The average Bonchev–Trinajstić information content (AvgIpc) is 2.91. The maximum atomic E-state index is 13.9. The van der Waals surface area contributed by atoms with E-state index in [1.807, 2.05) is 0 Å². The number of aromatic nitrogens is 1. The van der Waals surface area contributed by atoms with E-state index in [1.165, 1.54) is 10.8 Å². The van der Waals surface area contributed by atoms with Crippen LogP contribution in [0.5, 0.6) is 0 Å². The summed E-state index contributed by atoms with van der Waals surface area (Å²) in [6, 6.07) is 1.26. The summed E-state index contributed by atoms with van der Waals surface area (Å²) < 4.78 is 62.0. The minimum atomic E-state index is -4.26. The number of carbonyl (C=O) groups is 1. The summed E-state index contributed by atoms with van der Waals surface area (Å²) >= 11 is 0. The number of alkyl halides is 2. The Morgan fingerprint density at radius 3 is 2.67 bits per heavy atom. The first-order valence-electron chi connectivity index (χ1n) is 6.21. The Balaban J connectivity index is 2.02. The number of nitrogens with one attached hydrogen (secondary N) is 1. The van der Waals surface area contributed by atoms with E-state index in [0.29, 0.717) is 0 Å². The highest BCUT2D eigenvalue weighted by molar-refractivity contribution is 7.89. The standard InChI is InChI=1S/C11H14F2N2O5S/c12-11(13,8-1-4-19-5-2-8)10(16)15-21(17,18)7-9-3-6-20-14-9/h3,6,8H,1-2,4-5,7H2,(H,15,16). The van der Waals surface area contributed by atoms with Crippen LogP contribution in [0, 0.1) is 5.92 Å². The molecule has 0 aromatic carbocycles. The van der Waals surface area contributed by atoms with Crippen LogP contribution in [0.4, 0.5) is 8.78 Å². The van der Waals surface area contributed by atoms with Crippen molar-refractivity contribution >= 4 is 15.9 Å². The molecule has 1 aromatic rings. The molecule has 1 amide bonds. The lowest BCUT2D eigenvalue weighted by Gasteiger charge is -2.28. The van der Waals surface area contributed by atoms with Crippen LogP contribution in [0.1, 0.15) is 18.5 Å². The number of ether oxygens (including phenoxy) is 1. The van der Waals surface area contributed by atoms with Crippen LogP contribution >= 0.6 is 0 Å². The van der Waals surface area contributed by atoms with E-state index < -0.39 is 33.5 Å². The quantitative estimate of drug-likeness (QED) is 0.855. The lowest BCUT2D eigenvalue weighted by Crippen LogP contribution is -2.49. The van der Waals surface area contributed by atoms with Crippen molar-refractivity contribution in [2.45, 2.75) is 24.5 Å². The van der Waals surface area contributed by atoms with Gasteiger partial charge in [0.15, 0.2) is 0 Å². The summed E-state index contributed by atoms with van der Waals surface area (Å²) in [5.74, 6) is -7.52. The molecule has 1 aliphatic rings. The van der Waals surface area contributed by atoms with Gasteiger partial charge in [0.1, 0.15) is 17.7 Å². The van der Waals surface area contributed by atoms with Crippen LogP contribution in [0.15, 0.2) is 16.9 Å². The third-order valence-corrected chi connectivity index (χ3v) is 4.29. The number of amides is 1. The Hall–Kier alpha value is -1.55. The molecular formula is C11H14F2N2O5S. The number of hydrogen-bond donors (Lipinski definition) is 1. The van der Waals surface area contributed by atoms with Crippen LogP contribution in [0.3, 0.4) is 0 Å². The number of rotatable bonds is 5. The molecule has 1 aromatic heterocycles. The van der Waals surface area contributed by atoms with E-state index in [-0.39, 0.29) is 31.7 Å². The first-order valence-corrected chi connectivity index (χ1v) is 7.86. The third kappa shape index (κ3) is 3.97. The maximum Gasteiger partial charge on any atom is 0.328 e. The highest BCUT2D eigenvalue weighted by Crippen LogP contribution is 2.32. The van der Waals surface area contributed by atoms with E-state index in [2.05, 4.69) is 9.68 Å². The SMILES string of the molecule is O=C(NS(=O)(=O)Cc1ccon1)C(F)(F)C1CCOCC1. The monoisotopic (exact) mass is 324 g/mol. The van der Waals surface area contributed by atoms with Crippen molar-refractivity contribution in [1.29, 1.82) is 0 Å². The van der Waals surface area contributed by atoms with Gasteiger partial charge in [-0.3, -0.25) is 4.79 Å². The fourth-order valence-electron chi connectivity index (χ4n) is 2.00. The second-order valence-electron chi connectivity index (χ2n) is 4.69. The summed E-state index contributed by atoms with van der Waals surface area (Å²) in [6.07, 6.45) is 1.15. The average molecular weight is 324 g/mol. The lowest BCUT2D eigenvalue weighted by molar-refractivity contribution is -0.157. The van der Waals surface area contributed by atoms with Crippen molar-refractivity contribution < 1.29 is 31.3 Å². The minimum Gasteiger partial charge on any atom is -0.381 e. The second-order valence-corrected chi connectivity index (χ2v) is 6.41. The van der Waals surface area contributed by atoms with Gasteiger partial charge in [-0.1, -0.05) is 5.16 Å². The van der Waals surface area contributed by atoms with Crippen molar-refractivity contribution in [3.05, 3.63) is 18.0 Å². The lowest BCUT2D eigenvalue weighted by atomic mass is 9.92. The molecule has 21 heavy (non-hydrogen) atoms. The molecule has 0 radical (unpaired) electrons. The van der Waals surface area contributed by atoms with Gasteiger partial charge in [0, 0.05) is 25.2 Å². The normalized spacial score (nSPS) is 17.6. The number of nitrogens with zero attached hydrogens (tertiary/aromatic N) is 1. The van der Waals surface area contributed by atoms with Gasteiger partial charge >= 0.3 is 11.8 Å². The van der Waals surface area contributed by atoms with Gasteiger partial charge in [-0.25, -0.2) is 13.1 Å². The molecule has 1 fully saturated rings. The maximum absolute atomic E-state index is 13.9. The largest absolute Gasteiger partial charge is 0.381 e. The Morgan fingerprint density at radius 2 is 2.10 bits per heavy atom.